The van der Waals surface area contributed by atoms with Crippen molar-refractivity contribution >= 4 is 5.82 Å². The first-order valence-electron chi connectivity index (χ1n) is 6.35. The smallest absolute Gasteiger partial charge is 0.147 e. The number of aromatic nitrogens is 3. The molecular weight excluding hydrogens is 224 g/mol. The Hall–Kier alpha value is -1.97. The Morgan fingerprint density at radius 2 is 1.89 bits per heavy atom. The van der Waals surface area contributed by atoms with Crippen LogP contribution in [0.15, 0.2) is 43.0 Å². The summed E-state index contributed by atoms with van der Waals surface area (Å²) in [4.78, 5) is 15.2. The second kappa shape index (κ2) is 5.12. The zero-order valence-corrected chi connectivity index (χ0v) is 10.2. The highest BCUT2D eigenvalue weighted by molar-refractivity contribution is 5.36. The van der Waals surface area contributed by atoms with Crippen LogP contribution in [0.25, 0.3) is 0 Å². The van der Waals surface area contributed by atoms with E-state index in [0.29, 0.717) is 5.92 Å². The van der Waals surface area contributed by atoms with Gasteiger partial charge in [-0.05, 0) is 25.0 Å². The molecule has 1 aliphatic heterocycles. The molecule has 0 unspecified atom stereocenters. The van der Waals surface area contributed by atoms with Gasteiger partial charge in [0, 0.05) is 43.3 Å². The molecule has 92 valence electrons. The molecule has 4 nitrogen and oxygen atoms in total. The van der Waals surface area contributed by atoms with Crippen molar-refractivity contribution in [2.24, 2.45) is 0 Å². The lowest BCUT2D eigenvalue weighted by Crippen LogP contribution is -2.33. The standard InChI is InChI=1S/C14H16N4/c1-2-6-16-13(3-1)12-4-9-18(10-5-12)14-11-15-7-8-17-14/h1-3,6-8,11-12H,4-5,9-10H2. The van der Waals surface area contributed by atoms with E-state index in [1.165, 1.54) is 5.69 Å². The van der Waals surface area contributed by atoms with Crippen molar-refractivity contribution in [2.75, 3.05) is 18.0 Å². The van der Waals surface area contributed by atoms with Crippen LogP contribution in [0, 0.1) is 0 Å². The first-order valence-corrected chi connectivity index (χ1v) is 6.35. The van der Waals surface area contributed by atoms with E-state index in [1.807, 2.05) is 18.5 Å². The molecule has 2 aromatic heterocycles. The van der Waals surface area contributed by atoms with Gasteiger partial charge in [0.2, 0.25) is 0 Å². The highest BCUT2D eigenvalue weighted by atomic mass is 15.2. The minimum Gasteiger partial charge on any atom is -0.355 e. The van der Waals surface area contributed by atoms with Crippen molar-refractivity contribution in [3.05, 3.63) is 48.7 Å². The van der Waals surface area contributed by atoms with Gasteiger partial charge in [0.25, 0.3) is 0 Å². The van der Waals surface area contributed by atoms with Crippen LogP contribution in [0.1, 0.15) is 24.5 Å². The summed E-state index contributed by atoms with van der Waals surface area (Å²) in [7, 11) is 0. The molecular formula is C14H16N4. The van der Waals surface area contributed by atoms with Gasteiger partial charge >= 0.3 is 0 Å². The Morgan fingerprint density at radius 1 is 1.00 bits per heavy atom. The summed E-state index contributed by atoms with van der Waals surface area (Å²) in [5, 5.41) is 0. The number of anilines is 1. The Bertz CT molecular complexity index is 430. The summed E-state index contributed by atoms with van der Waals surface area (Å²) >= 11 is 0. The van der Waals surface area contributed by atoms with Gasteiger partial charge in [-0.1, -0.05) is 6.07 Å². The van der Waals surface area contributed by atoms with Crippen LogP contribution in [0.5, 0.6) is 0 Å². The highest BCUT2D eigenvalue weighted by Gasteiger charge is 2.21. The monoisotopic (exact) mass is 240 g/mol. The normalized spacial score (nSPS) is 16.8. The van der Waals surface area contributed by atoms with Crippen LogP contribution >= 0.6 is 0 Å². The van der Waals surface area contributed by atoms with Crippen LogP contribution in [0.2, 0.25) is 0 Å². The molecule has 1 fully saturated rings. The first-order chi connectivity index (χ1) is 8.93. The van der Waals surface area contributed by atoms with E-state index < -0.39 is 0 Å². The number of hydrogen-bond acceptors (Lipinski definition) is 4. The number of nitrogens with zero attached hydrogens (tertiary/aromatic N) is 4. The summed E-state index contributed by atoms with van der Waals surface area (Å²) < 4.78 is 0. The van der Waals surface area contributed by atoms with Crippen molar-refractivity contribution < 1.29 is 0 Å². The fraction of sp³-hybridized carbons (Fsp3) is 0.357. The molecule has 2 aromatic rings. The summed E-state index contributed by atoms with van der Waals surface area (Å²) in [6.45, 7) is 2.06. The average Bonchev–Trinajstić information content (AvgIpc) is 2.49. The molecule has 0 N–H and O–H groups in total. The Balaban J connectivity index is 1.65. The molecule has 0 radical (unpaired) electrons. The zero-order chi connectivity index (χ0) is 12.2. The van der Waals surface area contributed by atoms with Gasteiger partial charge in [-0.3, -0.25) is 9.97 Å². The lowest BCUT2D eigenvalue weighted by atomic mass is 9.93. The van der Waals surface area contributed by atoms with Gasteiger partial charge in [0.1, 0.15) is 5.82 Å². The van der Waals surface area contributed by atoms with Gasteiger partial charge < -0.3 is 4.90 Å². The summed E-state index contributed by atoms with van der Waals surface area (Å²) in [5.41, 5.74) is 1.22. The van der Waals surface area contributed by atoms with E-state index in [1.54, 1.807) is 12.4 Å². The molecule has 0 spiro atoms. The third-order valence-electron chi connectivity index (χ3n) is 3.47. The third kappa shape index (κ3) is 2.32. The minimum absolute atomic E-state index is 0.583. The van der Waals surface area contributed by atoms with E-state index in [9.17, 15) is 0 Å². The molecule has 0 aliphatic carbocycles. The van der Waals surface area contributed by atoms with Crippen molar-refractivity contribution in [1.82, 2.24) is 15.0 Å². The first kappa shape index (κ1) is 11.1. The lowest BCUT2D eigenvalue weighted by molar-refractivity contribution is 0.493. The van der Waals surface area contributed by atoms with Crippen molar-refractivity contribution in [2.45, 2.75) is 18.8 Å². The topological polar surface area (TPSA) is 41.9 Å². The molecule has 0 atom stereocenters. The molecule has 18 heavy (non-hydrogen) atoms. The minimum atomic E-state index is 0.583. The van der Waals surface area contributed by atoms with Gasteiger partial charge in [-0.25, -0.2) is 4.98 Å². The lowest BCUT2D eigenvalue weighted by Gasteiger charge is -2.32. The molecule has 0 aromatic carbocycles. The van der Waals surface area contributed by atoms with E-state index in [0.717, 1.165) is 31.7 Å². The maximum atomic E-state index is 4.45. The number of pyridine rings is 1. The van der Waals surface area contributed by atoms with Crippen LogP contribution in [-0.4, -0.2) is 28.0 Å². The van der Waals surface area contributed by atoms with Gasteiger partial charge in [-0.15, -0.1) is 0 Å². The van der Waals surface area contributed by atoms with Crippen LogP contribution < -0.4 is 4.90 Å². The highest BCUT2D eigenvalue weighted by Crippen LogP contribution is 2.27. The Labute approximate surface area is 107 Å². The molecule has 1 aliphatic rings. The maximum Gasteiger partial charge on any atom is 0.147 e. The average molecular weight is 240 g/mol. The fourth-order valence-corrected chi connectivity index (χ4v) is 2.48. The molecule has 4 heteroatoms. The zero-order valence-electron chi connectivity index (χ0n) is 10.2. The van der Waals surface area contributed by atoms with Crippen molar-refractivity contribution in [1.29, 1.82) is 0 Å². The molecule has 3 heterocycles. The van der Waals surface area contributed by atoms with E-state index in [4.69, 9.17) is 0 Å². The third-order valence-corrected chi connectivity index (χ3v) is 3.47. The van der Waals surface area contributed by atoms with Crippen molar-refractivity contribution in [3.8, 4) is 0 Å². The Kier molecular flexibility index (Phi) is 3.17. The molecule has 0 saturated carbocycles. The Morgan fingerprint density at radius 3 is 2.56 bits per heavy atom. The van der Waals surface area contributed by atoms with Gasteiger partial charge in [0.05, 0.1) is 6.20 Å². The summed E-state index contributed by atoms with van der Waals surface area (Å²) in [6, 6.07) is 6.16. The van der Waals surface area contributed by atoms with Crippen LogP contribution in [0.4, 0.5) is 5.82 Å². The maximum absolute atomic E-state index is 4.45. The van der Waals surface area contributed by atoms with Crippen LogP contribution in [-0.2, 0) is 0 Å². The summed E-state index contributed by atoms with van der Waals surface area (Å²) in [6.07, 6.45) is 9.44. The van der Waals surface area contributed by atoms with Gasteiger partial charge in [0.15, 0.2) is 0 Å². The van der Waals surface area contributed by atoms with E-state index in [2.05, 4.69) is 32.0 Å². The molecule has 0 bridgehead atoms. The molecule has 3 rings (SSSR count). The van der Waals surface area contributed by atoms with Gasteiger partial charge in [-0.2, -0.15) is 0 Å². The number of rotatable bonds is 2. The number of piperidine rings is 1. The molecule has 0 amide bonds. The summed E-state index contributed by atoms with van der Waals surface area (Å²) in [5.74, 6) is 1.57. The van der Waals surface area contributed by atoms with Crippen LogP contribution in [0.3, 0.4) is 0 Å². The second-order valence-electron chi connectivity index (χ2n) is 4.58. The second-order valence-corrected chi connectivity index (χ2v) is 4.58. The largest absolute Gasteiger partial charge is 0.355 e. The predicted octanol–water partition coefficient (Wildman–Crippen LogP) is 2.26. The molecule has 1 saturated heterocycles. The fourth-order valence-electron chi connectivity index (χ4n) is 2.48. The van der Waals surface area contributed by atoms with E-state index in [-0.39, 0.29) is 0 Å². The van der Waals surface area contributed by atoms with E-state index >= 15 is 0 Å². The predicted molar refractivity (Wildman–Crippen MR) is 70.5 cm³/mol. The van der Waals surface area contributed by atoms with Crippen molar-refractivity contribution in [3.63, 3.8) is 0 Å². The number of hydrogen-bond donors (Lipinski definition) is 0. The quantitative estimate of drug-likeness (QED) is 0.807. The SMILES string of the molecule is c1ccc(C2CCN(c3cnccn3)CC2)nc1.